The third-order valence-electron chi connectivity index (χ3n) is 5.08. The van der Waals surface area contributed by atoms with Crippen LogP contribution in [0.1, 0.15) is 37.7 Å². The second-order valence-corrected chi connectivity index (χ2v) is 8.43. The van der Waals surface area contributed by atoms with Crippen LogP contribution in [0.3, 0.4) is 0 Å². The first kappa shape index (κ1) is 14.8. The number of sulfonamides is 1. The third kappa shape index (κ3) is 2.55. The lowest BCUT2D eigenvalue weighted by Crippen LogP contribution is -2.45. The predicted octanol–water partition coefficient (Wildman–Crippen LogP) is 3.51. The zero-order valence-corrected chi connectivity index (χ0v) is 13.5. The normalized spacial score (nSPS) is 27.4. The largest absolute Gasteiger partial charge is 0.243 e. The molecule has 0 amide bonds. The van der Waals surface area contributed by atoms with Gasteiger partial charge in [0.05, 0.1) is 4.90 Å². The number of hydrogen-bond acceptors (Lipinski definition) is 2. The Labute approximate surface area is 127 Å². The molecule has 0 bridgehead atoms. The molecule has 2 aliphatic rings. The van der Waals surface area contributed by atoms with Gasteiger partial charge >= 0.3 is 0 Å². The summed E-state index contributed by atoms with van der Waals surface area (Å²) in [6, 6.07) is 7.16. The van der Waals surface area contributed by atoms with Crippen LogP contribution in [-0.2, 0) is 10.0 Å². The van der Waals surface area contributed by atoms with Gasteiger partial charge in [-0.1, -0.05) is 29.8 Å². The summed E-state index contributed by atoms with van der Waals surface area (Å²) >= 11 is 0. The first-order valence-corrected chi connectivity index (χ1v) is 9.13. The highest BCUT2D eigenvalue weighted by Crippen LogP contribution is 2.48. The van der Waals surface area contributed by atoms with Crippen molar-refractivity contribution >= 4 is 10.0 Å². The van der Waals surface area contributed by atoms with Crippen molar-refractivity contribution in [2.24, 2.45) is 5.41 Å². The van der Waals surface area contributed by atoms with Crippen LogP contribution in [0.2, 0.25) is 0 Å². The molecule has 4 heteroatoms. The van der Waals surface area contributed by atoms with Gasteiger partial charge in [-0.2, -0.15) is 4.31 Å². The number of piperidine rings is 1. The quantitative estimate of drug-likeness (QED) is 0.784. The standard InChI is InChI=1S/C17H23NO2S/c1-14-6-8-16(9-7-14)21(19,20)18-12-4-11-17(13-18)10-3-5-15(17)2/h6-9H,2-5,10-13H2,1H3/t17-/m1/s1. The van der Waals surface area contributed by atoms with E-state index < -0.39 is 10.0 Å². The number of hydrogen-bond donors (Lipinski definition) is 0. The SMILES string of the molecule is C=C1CCC[C@]12CCCN(S(=O)(=O)c1ccc(C)cc1)C2. The number of aryl methyl sites for hydroxylation is 1. The van der Waals surface area contributed by atoms with Crippen LogP contribution in [0.25, 0.3) is 0 Å². The van der Waals surface area contributed by atoms with E-state index in [1.807, 2.05) is 19.1 Å². The number of rotatable bonds is 2. The summed E-state index contributed by atoms with van der Waals surface area (Å²) < 4.78 is 27.4. The van der Waals surface area contributed by atoms with E-state index >= 15 is 0 Å². The maximum Gasteiger partial charge on any atom is 0.243 e. The van der Waals surface area contributed by atoms with Gasteiger partial charge in [0.2, 0.25) is 10.0 Å². The molecule has 2 fully saturated rings. The van der Waals surface area contributed by atoms with Gasteiger partial charge in [0.25, 0.3) is 0 Å². The highest BCUT2D eigenvalue weighted by Gasteiger charge is 2.43. The number of nitrogens with zero attached hydrogens (tertiary/aromatic N) is 1. The molecule has 0 radical (unpaired) electrons. The summed E-state index contributed by atoms with van der Waals surface area (Å²) in [7, 11) is -3.37. The molecule has 21 heavy (non-hydrogen) atoms. The van der Waals surface area contributed by atoms with E-state index in [4.69, 9.17) is 0 Å². The molecule has 0 N–H and O–H groups in total. The minimum absolute atomic E-state index is 0.0377. The summed E-state index contributed by atoms with van der Waals surface area (Å²) in [5.74, 6) is 0. The van der Waals surface area contributed by atoms with Gasteiger partial charge in [-0.3, -0.25) is 0 Å². The molecule has 0 unspecified atom stereocenters. The fraction of sp³-hybridized carbons (Fsp3) is 0.529. The van der Waals surface area contributed by atoms with Crippen LogP contribution in [0.15, 0.2) is 41.3 Å². The van der Waals surface area contributed by atoms with Crippen molar-refractivity contribution in [3.8, 4) is 0 Å². The molecule has 1 aliphatic carbocycles. The zero-order chi connectivity index (χ0) is 15.1. The number of benzene rings is 1. The van der Waals surface area contributed by atoms with Crippen LogP contribution in [0.5, 0.6) is 0 Å². The fourth-order valence-corrected chi connectivity index (χ4v) is 5.29. The van der Waals surface area contributed by atoms with Crippen molar-refractivity contribution in [2.45, 2.75) is 43.9 Å². The molecule has 1 aromatic rings. The summed E-state index contributed by atoms with van der Waals surface area (Å²) in [6.07, 6.45) is 5.32. The van der Waals surface area contributed by atoms with Gasteiger partial charge < -0.3 is 0 Å². The van der Waals surface area contributed by atoms with E-state index in [0.29, 0.717) is 18.0 Å². The Morgan fingerprint density at radius 3 is 2.43 bits per heavy atom. The Morgan fingerprint density at radius 2 is 1.81 bits per heavy atom. The van der Waals surface area contributed by atoms with E-state index in [-0.39, 0.29) is 5.41 Å². The molecule has 3 rings (SSSR count). The van der Waals surface area contributed by atoms with Crippen molar-refractivity contribution in [2.75, 3.05) is 13.1 Å². The lowest BCUT2D eigenvalue weighted by atomic mass is 9.77. The van der Waals surface area contributed by atoms with Crippen LogP contribution < -0.4 is 0 Å². The smallest absolute Gasteiger partial charge is 0.207 e. The topological polar surface area (TPSA) is 37.4 Å². The Kier molecular flexibility index (Phi) is 3.70. The van der Waals surface area contributed by atoms with Crippen molar-refractivity contribution in [1.29, 1.82) is 0 Å². The summed E-state index contributed by atoms with van der Waals surface area (Å²) in [4.78, 5) is 0.411. The van der Waals surface area contributed by atoms with E-state index in [2.05, 4.69) is 6.58 Å². The first-order chi connectivity index (χ1) is 9.94. The van der Waals surface area contributed by atoms with Gasteiger partial charge in [0, 0.05) is 18.5 Å². The summed E-state index contributed by atoms with van der Waals surface area (Å²) in [6.45, 7) is 7.42. The van der Waals surface area contributed by atoms with Crippen molar-refractivity contribution in [3.05, 3.63) is 42.0 Å². The molecule has 114 valence electrons. The Morgan fingerprint density at radius 1 is 1.14 bits per heavy atom. The average Bonchev–Trinajstić information content (AvgIpc) is 2.80. The average molecular weight is 305 g/mol. The van der Waals surface area contributed by atoms with Gasteiger partial charge in [0.1, 0.15) is 0 Å². The molecule has 1 aromatic carbocycles. The van der Waals surface area contributed by atoms with Crippen molar-refractivity contribution in [1.82, 2.24) is 4.31 Å². The maximum atomic E-state index is 12.8. The molecular formula is C17H23NO2S. The van der Waals surface area contributed by atoms with Crippen LogP contribution in [0.4, 0.5) is 0 Å². The van der Waals surface area contributed by atoms with Crippen molar-refractivity contribution < 1.29 is 8.42 Å². The monoisotopic (exact) mass is 305 g/mol. The lowest BCUT2D eigenvalue weighted by Gasteiger charge is -2.40. The molecule has 0 aromatic heterocycles. The van der Waals surface area contributed by atoms with E-state index in [1.165, 1.54) is 5.57 Å². The zero-order valence-electron chi connectivity index (χ0n) is 12.6. The molecular weight excluding hydrogens is 282 g/mol. The summed E-state index contributed by atoms with van der Waals surface area (Å²) in [5.41, 5.74) is 2.37. The molecule has 1 heterocycles. The lowest BCUT2D eigenvalue weighted by molar-refractivity contribution is 0.190. The first-order valence-electron chi connectivity index (χ1n) is 7.69. The van der Waals surface area contributed by atoms with E-state index in [9.17, 15) is 8.42 Å². The highest BCUT2D eigenvalue weighted by molar-refractivity contribution is 7.89. The molecule has 1 saturated heterocycles. The molecule has 3 nitrogen and oxygen atoms in total. The van der Waals surface area contributed by atoms with Crippen molar-refractivity contribution in [3.63, 3.8) is 0 Å². The fourth-order valence-electron chi connectivity index (χ4n) is 3.73. The molecule has 1 saturated carbocycles. The Balaban J connectivity index is 1.89. The highest BCUT2D eigenvalue weighted by atomic mass is 32.2. The van der Waals surface area contributed by atoms with Gasteiger partial charge in [-0.15, -0.1) is 0 Å². The van der Waals surface area contributed by atoms with Crippen LogP contribution in [0, 0.1) is 12.3 Å². The maximum absolute atomic E-state index is 12.8. The Bertz CT molecular complexity index is 648. The third-order valence-corrected chi connectivity index (χ3v) is 6.94. The predicted molar refractivity (Wildman–Crippen MR) is 84.6 cm³/mol. The molecule has 1 atom stereocenters. The minimum Gasteiger partial charge on any atom is -0.207 e. The summed E-state index contributed by atoms with van der Waals surface area (Å²) in [5, 5.41) is 0. The van der Waals surface area contributed by atoms with Gasteiger partial charge in [0.15, 0.2) is 0 Å². The Hall–Kier alpha value is -1.13. The van der Waals surface area contributed by atoms with E-state index in [1.54, 1.807) is 16.4 Å². The second-order valence-electron chi connectivity index (χ2n) is 6.49. The van der Waals surface area contributed by atoms with Gasteiger partial charge in [-0.25, -0.2) is 8.42 Å². The molecule has 1 spiro atoms. The minimum atomic E-state index is -3.37. The van der Waals surface area contributed by atoms with Gasteiger partial charge in [-0.05, 0) is 51.2 Å². The van der Waals surface area contributed by atoms with Crippen LogP contribution in [-0.4, -0.2) is 25.8 Å². The second kappa shape index (κ2) is 5.25. The molecule has 1 aliphatic heterocycles. The van der Waals surface area contributed by atoms with E-state index in [0.717, 1.165) is 37.7 Å². The van der Waals surface area contributed by atoms with Crippen LogP contribution >= 0.6 is 0 Å².